The van der Waals surface area contributed by atoms with Crippen molar-refractivity contribution in [3.8, 4) is 6.19 Å². The topological polar surface area (TPSA) is 73.6 Å². The van der Waals surface area contributed by atoms with Crippen molar-refractivity contribution in [2.45, 2.75) is 13.8 Å². The molecule has 1 aromatic carbocycles. The van der Waals surface area contributed by atoms with Crippen LogP contribution in [-0.4, -0.2) is 9.97 Å². The van der Waals surface area contributed by atoms with Crippen LogP contribution in [0.15, 0.2) is 30.6 Å². The maximum atomic E-state index is 8.55. The van der Waals surface area contributed by atoms with Crippen LogP contribution in [0.25, 0.3) is 0 Å². The lowest BCUT2D eigenvalue weighted by Gasteiger charge is -2.11. The summed E-state index contributed by atoms with van der Waals surface area (Å²) in [5, 5.41) is 14.3. The molecule has 0 unspecified atom stereocenters. The van der Waals surface area contributed by atoms with E-state index in [4.69, 9.17) is 5.26 Å². The maximum absolute atomic E-state index is 8.55. The van der Waals surface area contributed by atoms with E-state index in [1.807, 2.05) is 38.2 Å². The lowest BCUT2D eigenvalue weighted by Crippen LogP contribution is -2.00. The third-order valence-electron chi connectivity index (χ3n) is 2.59. The molecule has 0 saturated heterocycles. The summed E-state index contributed by atoms with van der Waals surface area (Å²) >= 11 is 0. The van der Waals surface area contributed by atoms with Gasteiger partial charge < -0.3 is 5.32 Å². The number of benzene rings is 1. The highest BCUT2D eigenvalue weighted by Gasteiger charge is 2.04. The predicted octanol–water partition coefficient (Wildman–Crippen LogP) is 2.73. The van der Waals surface area contributed by atoms with Gasteiger partial charge in [0, 0.05) is 11.8 Å². The molecule has 1 heterocycles. The average Bonchev–Trinajstić information content (AvgIpc) is 2.35. The normalized spacial score (nSPS) is 9.61. The standard InChI is InChI=1S/C13H13N5/c1-9-4-3-5-10(2)13(9)18-12-6-11(15-7-14)16-8-17-12/h3-6,8H,1-2H3,(H2,15,16,17,18). The second-order valence-corrected chi connectivity index (χ2v) is 3.92. The Kier molecular flexibility index (Phi) is 3.39. The monoisotopic (exact) mass is 239 g/mol. The van der Waals surface area contributed by atoms with E-state index in [1.54, 1.807) is 6.07 Å². The number of nitrogens with one attached hydrogen (secondary N) is 2. The van der Waals surface area contributed by atoms with Crippen molar-refractivity contribution in [1.82, 2.24) is 9.97 Å². The number of nitrogens with zero attached hydrogens (tertiary/aromatic N) is 3. The minimum Gasteiger partial charge on any atom is -0.340 e. The Morgan fingerprint density at radius 2 is 1.78 bits per heavy atom. The number of nitriles is 1. The minimum absolute atomic E-state index is 0.473. The van der Waals surface area contributed by atoms with Crippen molar-refractivity contribution in [2.75, 3.05) is 10.6 Å². The zero-order valence-corrected chi connectivity index (χ0v) is 10.2. The fraction of sp³-hybridized carbons (Fsp3) is 0.154. The Labute approximate surface area is 106 Å². The summed E-state index contributed by atoms with van der Waals surface area (Å²) in [6.07, 6.45) is 3.24. The van der Waals surface area contributed by atoms with Crippen LogP contribution in [0, 0.1) is 25.3 Å². The molecule has 0 radical (unpaired) electrons. The fourth-order valence-corrected chi connectivity index (χ4v) is 1.69. The molecule has 90 valence electrons. The van der Waals surface area contributed by atoms with Gasteiger partial charge >= 0.3 is 0 Å². The smallest absolute Gasteiger partial charge is 0.182 e. The van der Waals surface area contributed by atoms with E-state index in [9.17, 15) is 0 Å². The van der Waals surface area contributed by atoms with Gasteiger partial charge in [0.15, 0.2) is 6.19 Å². The number of aromatic nitrogens is 2. The molecular formula is C13H13N5. The van der Waals surface area contributed by atoms with E-state index in [1.165, 1.54) is 6.33 Å². The van der Waals surface area contributed by atoms with Gasteiger partial charge in [-0.25, -0.2) is 9.97 Å². The highest BCUT2D eigenvalue weighted by atomic mass is 15.1. The SMILES string of the molecule is Cc1cccc(C)c1Nc1cc(NC#N)ncn1. The second-order valence-electron chi connectivity index (χ2n) is 3.92. The fourth-order valence-electron chi connectivity index (χ4n) is 1.69. The second kappa shape index (κ2) is 5.15. The molecule has 0 atom stereocenters. The van der Waals surface area contributed by atoms with Crippen molar-refractivity contribution < 1.29 is 0 Å². The summed E-state index contributed by atoms with van der Waals surface area (Å²) in [4.78, 5) is 8.06. The zero-order valence-electron chi connectivity index (χ0n) is 10.2. The molecule has 0 aliphatic heterocycles. The van der Waals surface area contributed by atoms with E-state index < -0.39 is 0 Å². The first-order valence-corrected chi connectivity index (χ1v) is 5.51. The number of anilines is 3. The number of rotatable bonds is 3. The van der Waals surface area contributed by atoms with Gasteiger partial charge in [-0.2, -0.15) is 5.26 Å². The molecule has 0 saturated carbocycles. The summed E-state index contributed by atoms with van der Waals surface area (Å²) in [5.74, 6) is 1.13. The molecule has 0 fully saturated rings. The van der Waals surface area contributed by atoms with Crippen molar-refractivity contribution in [2.24, 2.45) is 0 Å². The lowest BCUT2D eigenvalue weighted by molar-refractivity contribution is 1.16. The van der Waals surface area contributed by atoms with E-state index in [0.29, 0.717) is 11.6 Å². The largest absolute Gasteiger partial charge is 0.340 e. The van der Waals surface area contributed by atoms with Crippen LogP contribution in [0.5, 0.6) is 0 Å². The van der Waals surface area contributed by atoms with Crippen LogP contribution in [0.2, 0.25) is 0 Å². The summed E-state index contributed by atoms with van der Waals surface area (Å²) in [6.45, 7) is 4.07. The van der Waals surface area contributed by atoms with Gasteiger partial charge in [-0.05, 0) is 25.0 Å². The molecule has 0 aliphatic rings. The summed E-state index contributed by atoms with van der Waals surface area (Å²) in [6, 6.07) is 7.77. The molecule has 1 aromatic heterocycles. The first kappa shape index (κ1) is 11.9. The van der Waals surface area contributed by atoms with E-state index >= 15 is 0 Å². The number of para-hydroxylation sites is 1. The van der Waals surface area contributed by atoms with Crippen LogP contribution in [-0.2, 0) is 0 Å². The lowest BCUT2D eigenvalue weighted by atomic mass is 10.1. The third kappa shape index (κ3) is 2.55. The molecule has 18 heavy (non-hydrogen) atoms. The van der Waals surface area contributed by atoms with Crippen LogP contribution in [0.1, 0.15) is 11.1 Å². The molecule has 5 nitrogen and oxygen atoms in total. The van der Waals surface area contributed by atoms with Crippen molar-refractivity contribution in [3.63, 3.8) is 0 Å². The summed E-state index contributed by atoms with van der Waals surface area (Å²) in [5.41, 5.74) is 3.31. The van der Waals surface area contributed by atoms with Gasteiger partial charge in [0.05, 0.1) is 0 Å². The van der Waals surface area contributed by atoms with E-state index in [-0.39, 0.29) is 0 Å². The molecule has 0 aliphatic carbocycles. The van der Waals surface area contributed by atoms with E-state index in [2.05, 4.69) is 20.6 Å². The van der Waals surface area contributed by atoms with Gasteiger partial charge in [0.25, 0.3) is 0 Å². The van der Waals surface area contributed by atoms with Crippen LogP contribution in [0.4, 0.5) is 17.3 Å². The quantitative estimate of drug-likeness (QED) is 0.636. The number of hydrogen-bond donors (Lipinski definition) is 2. The predicted molar refractivity (Wildman–Crippen MR) is 70.5 cm³/mol. The van der Waals surface area contributed by atoms with Gasteiger partial charge in [-0.15, -0.1) is 0 Å². The molecular weight excluding hydrogens is 226 g/mol. The van der Waals surface area contributed by atoms with Gasteiger partial charge in [0.2, 0.25) is 0 Å². The summed E-state index contributed by atoms with van der Waals surface area (Å²) in [7, 11) is 0. The van der Waals surface area contributed by atoms with Crippen LogP contribution >= 0.6 is 0 Å². The Hall–Kier alpha value is -2.61. The Bertz CT molecular complexity index is 580. The maximum Gasteiger partial charge on any atom is 0.182 e. The molecule has 2 rings (SSSR count). The third-order valence-corrected chi connectivity index (χ3v) is 2.59. The first-order valence-electron chi connectivity index (χ1n) is 5.51. The average molecular weight is 239 g/mol. The Balaban J connectivity index is 2.29. The van der Waals surface area contributed by atoms with Gasteiger partial charge in [-0.3, -0.25) is 5.32 Å². The van der Waals surface area contributed by atoms with Crippen LogP contribution in [0.3, 0.4) is 0 Å². The number of aryl methyl sites for hydroxylation is 2. The number of hydrogen-bond acceptors (Lipinski definition) is 5. The Morgan fingerprint density at radius 3 is 2.44 bits per heavy atom. The van der Waals surface area contributed by atoms with Crippen molar-refractivity contribution >= 4 is 17.3 Å². The highest BCUT2D eigenvalue weighted by molar-refractivity contribution is 5.65. The Morgan fingerprint density at radius 1 is 1.11 bits per heavy atom. The molecule has 2 aromatic rings. The zero-order chi connectivity index (χ0) is 13.0. The van der Waals surface area contributed by atoms with Crippen molar-refractivity contribution in [1.29, 1.82) is 5.26 Å². The highest BCUT2D eigenvalue weighted by Crippen LogP contribution is 2.23. The van der Waals surface area contributed by atoms with Gasteiger partial charge in [0.1, 0.15) is 18.0 Å². The molecule has 0 spiro atoms. The molecule has 2 N–H and O–H groups in total. The molecule has 0 amide bonds. The minimum atomic E-state index is 0.473. The van der Waals surface area contributed by atoms with E-state index in [0.717, 1.165) is 16.8 Å². The van der Waals surface area contributed by atoms with Crippen molar-refractivity contribution in [3.05, 3.63) is 41.7 Å². The summed E-state index contributed by atoms with van der Waals surface area (Å²) < 4.78 is 0. The van der Waals surface area contributed by atoms with Gasteiger partial charge in [-0.1, -0.05) is 18.2 Å². The first-order chi connectivity index (χ1) is 8.70. The molecule has 0 bridgehead atoms. The van der Waals surface area contributed by atoms with Crippen LogP contribution < -0.4 is 10.6 Å². The molecule has 5 heteroatoms.